The predicted molar refractivity (Wildman–Crippen MR) is 122 cm³/mol. The Hall–Kier alpha value is -2.26. The molecule has 12 heteroatoms. The molecular formula is C22H27ClFN5O4S. The minimum absolute atomic E-state index is 0.0709. The Morgan fingerprint density at radius 1 is 1.12 bits per heavy atom. The smallest absolute Gasteiger partial charge is 0.282 e. The van der Waals surface area contributed by atoms with Gasteiger partial charge in [0, 0.05) is 44.3 Å². The molecule has 184 valence electrons. The van der Waals surface area contributed by atoms with Crippen molar-refractivity contribution in [3.05, 3.63) is 34.6 Å². The highest BCUT2D eigenvalue weighted by molar-refractivity contribution is 7.86. The minimum atomic E-state index is -3.71. The van der Waals surface area contributed by atoms with Crippen molar-refractivity contribution in [3.8, 4) is 6.07 Å². The molecular weight excluding hydrogens is 485 g/mol. The molecule has 2 amide bonds. The Morgan fingerprint density at radius 3 is 2.56 bits per heavy atom. The molecule has 34 heavy (non-hydrogen) atoms. The van der Waals surface area contributed by atoms with Crippen molar-refractivity contribution in [2.75, 3.05) is 32.7 Å². The van der Waals surface area contributed by atoms with Crippen LogP contribution in [0.3, 0.4) is 0 Å². The van der Waals surface area contributed by atoms with Crippen molar-refractivity contribution in [2.24, 2.45) is 11.8 Å². The second kappa shape index (κ2) is 10.2. The molecule has 3 aliphatic rings. The van der Waals surface area contributed by atoms with Crippen LogP contribution in [0.2, 0.25) is 5.02 Å². The van der Waals surface area contributed by atoms with E-state index in [0.717, 1.165) is 0 Å². The largest absolute Gasteiger partial charge is 0.350 e. The van der Waals surface area contributed by atoms with Gasteiger partial charge in [-0.3, -0.25) is 9.59 Å². The lowest BCUT2D eigenvalue weighted by atomic mass is 9.97. The first-order valence-electron chi connectivity index (χ1n) is 11.4. The first-order valence-corrected chi connectivity index (χ1v) is 13.1. The average Bonchev–Trinajstić information content (AvgIpc) is 3.25. The number of hydrogen-bond acceptors (Lipinski definition) is 5. The normalized spacial score (nSPS) is 24.4. The molecule has 0 radical (unpaired) electrons. The van der Waals surface area contributed by atoms with Crippen LogP contribution in [0.4, 0.5) is 4.39 Å². The van der Waals surface area contributed by atoms with E-state index in [9.17, 15) is 22.4 Å². The molecule has 0 bridgehead atoms. The van der Waals surface area contributed by atoms with E-state index >= 15 is 0 Å². The van der Waals surface area contributed by atoms with E-state index in [-0.39, 0.29) is 48.9 Å². The van der Waals surface area contributed by atoms with Crippen molar-refractivity contribution in [1.82, 2.24) is 18.8 Å². The van der Waals surface area contributed by atoms with Crippen LogP contribution in [0.5, 0.6) is 0 Å². The molecule has 2 atom stereocenters. The van der Waals surface area contributed by atoms with Gasteiger partial charge in [0.2, 0.25) is 11.8 Å². The third-order valence-corrected chi connectivity index (χ3v) is 8.80. The number of hydrogen-bond donors (Lipinski definition) is 1. The number of nitrogens with zero attached hydrogens (tertiary/aromatic N) is 4. The van der Waals surface area contributed by atoms with Gasteiger partial charge in [0.05, 0.1) is 17.9 Å². The van der Waals surface area contributed by atoms with Crippen LogP contribution < -0.4 is 5.32 Å². The van der Waals surface area contributed by atoms with Crippen molar-refractivity contribution < 1.29 is 22.4 Å². The lowest BCUT2D eigenvalue weighted by Crippen LogP contribution is -2.57. The maximum absolute atomic E-state index is 13.5. The number of rotatable bonds is 6. The first kappa shape index (κ1) is 24.9. The highest BCUT2D eigenvalue weighted by Gasteiger charge is 2.44. The van der Waals surface area contributed by atoms with Crippen LogP contribution in [0.25, 0.3) is 0 Å². The molecule has 3 aliphatic heterocycles. The number of piperidine rings is 1. The molecule has 0 saturated carbocycles. The van der Waals surface area contributed by atoms with Gasteiger partial charge in [0.25, 0.3) is 10.2 Å². The second-order valence-corrected chi connectivity index (χ2v) is 11.4. The van der Waals surface area contributed by atoms with Gasteiger partial charge < -0.3 is 10.2 Å². The number of likely N-dealkylation sites (tertiary alicyclic amines) is 1. The summed E-state index contributed by atoms with van der Waals surface area (Å²) in [6.45, 7) is 1.28. The fraction of sp³-hybridized carbons (Fsp3) is 0.591. The van der Waals surface area contributed by atoms with E-state index in [4.69, 9.17) is 16.9 Å². The first-order chi connectivity index (χ1) is 16.2. The maximum atomic E-state index is 13.5. The Morgan fingerprint density at radius 2 is 1.85 bits per heavy atom. The SMILES string of the molecule is N#CC1CN(S(=O)(=O)N2CCC[C@H](C(=O)N3CCC[C@@H]3C(=O)NCc3cc(F)cc(Cl)c3)C2)C1. The highest BCUT2D eigenvalue weighted by atomic mass is 35.5. The van der Waals surface area contributed by atoms with Crippen molar-refractivity contribution in [2.45, 2.75) is 38.3 Å². The maximum Gasteiger partial charge on any atom is 0.282 e. The lowest BCUT2D eigenvalue weighted by molar-refractivity contribution is -0.142. The molecule has 3 heterocycles. The molecule has 0 aliphatic carbocycles. The molecule has 3 fully saturated rings. The van der Waals surface area contributed by atoms with E-state index in [2.05, 4.69) is 11.4 Å². The Kier molecular flexibility index (Phi) is 7.42. The van der Waals surface area contributed by atoms with Gasteiger partial charge in [-0.05, 0) is 49.4 Å². The zero-order valence-corrected chi connectivity index (χ0v) is 20.2. The second-order valence-electron chi connectivity index (χ2n) is 9.03. The highest BCUT2D eigenvalue weighted by Crippen LogP contribution is 2.29. The number of carbonyl (C=O) groups is 2. The number of carbonyl (C=O) groups excluding carboxylic acids is 2. The van der Waals surface area contributed by atoms with Crippen LogP contribution in [0, 0.1) is 29.0 Å². The van der Waals surface area contributed by atoms with Crippen LogP contribution >= 0.6 is 11.6 Å². The third kappa shape index (κ3) is 5.20. The molecule has 1 aromatic carbocycles. The van der Waals surface area contributed by atoms with Crippen molar-refractivity contribution in [3.63, 3.8) is 0 Å². The molecule has 0 unspecified atom stereocenters. The summed E-state index contributed by atoms with van der Waals surface area (Å²) >= 11 is 5.86. The van der Waals surface area contributed by atoms with Gasteiger partial charge in [0.1, 0.15) is 11.9 Å². The van der Waals surface area contributed by atoms with E-state index in [1.807, 2.05) is 0 Å². The Balaban J connectivity index is 1.36. The number of nitriles is 1. The summed E-state index contributed by atoms with van der Waals surface area (Å²) in [4.78, 5) is 27.7. The summed E-state index contributed by atoms with van der Waals surface area (Å²) < 4.78 is 41.9. The molecule has 0 spiro atoms. The summed E-state index contributed by atoms with van der Waals surface area (Å²) in [5.41, 5.74) is 0.520. The van der Waals surface area contributed by atoms with Gasteiger partial charge in [-0.15, -0.1) is 0 Å². The Labute approximate surface area is 203 Å². The molecule has 9 nitrogen and oxygen atoms in total. The van der Waals surface area contributed by atoms with Crippen LogP contribution in [0.1, 0.15) is 31.2 Å². The monoisotopic (exact) mass is 511 g/mol. The number of halogens is 2. The van der Waals surface area contributed by atoms with Gasteiger partial charge in [-0.2, -0.15) is 22.3 Å². The van der Waals surface area contributed by atoms with Crippen LogP contribution in [0.15, 0.2) is 18.2 Å². The molecule has 3 saturated heterocycles. The third-order valence-electron chi connectivity index (χ3n) is 6.64. The predicted octanol–water partition coefficient (Wildman–Crippen LogP) is 1.50. The topological polar surface area (TPSA) is 114 Å². The number of nitrogens with one attached hydrogen (secondary N) is 1. The average molecular weight is 512 g/mol. The van der Waals surface area contributed by atoms with Crippen LogP contribution in [-0.2, 0) is 26.3 Å². The van der Waals surface area contributed by atoms with E-state index < -0.39 is 28.0 Å². The van der Waals surface area contributed by atoms with Crippen molar-refractivity contribution >= 4 is 33.6 Å². The zero-order chi connectivity index (χ0) is 24.5. The summed E-state index contributed by atoms with van der Waals surface area (Å²) in [7, 11) is -3.71. The molecule has 0 aromatic heterocycles. The van der Waals surface area contributed by atoms with Crippen molar-refractivity contribution in [1.29, 1.82) is 5.26 Å². The summed E-state index contributed by atoms with van der Waals surface area (Å²) in [6, 6.07) is 5.46. The van der Waals surface area contributed by atoms with Gasteiger partial charge >= 0.3 is 0 Å². The minimum Gasteiger partial charge on any atom is -0.350 e. The zero-order valence-electron chi connectivity index (χ0n) is 18.6. The molecule has 1 N–H and O–H groups in total. The molecule has 1 aromatic rings. The van der Waals surface area contributed by atoms with Gasteiger partial charge in [0.15, 0.2) is 0 Å². The summed E-state index contributed by atoms with van der Waals surface area (Å²) in [6.07, 6.45) is 2.29. The summed E-state index contributed by atoms with van der Waals surface area (Å²) in [5.74, 6) is -1.84. The van der Waals surface area contributed by atoms with E-state index in [0.29, 0.717) is 44.3 Å². The Bertz CT molecular complexity index is 1080. The molecule has 4 rings (SSSR count). The van der Waals surface area contributed by atoms with Gasteiger partial charge in [-0.25, -0.2) is 4.39 Å². The van der Waals surface area contributed by atoms with E-state index in [1.54, 1.807) is 11.0 Å². The lowest BCUT2D eigenvalue weighted by Gasteiger charge is -2.41. The van der Waals surface area contributed by atoms with Crippen LogP contribution in [-0.4, -0.2) is 72.5 Å². The van der Waals surface area contributed by atoms with Gasteiger partial charge in [-0.1, -0.05) is 11.6 Å². The number of amides is 2. The quantitative estimate of drug-likeness (QED) is 0.621. The standard InChI is InChI=1S/C22H27ClFN5O4S/c23-18-7-15(8-19(24)9-18)11-26-21(30)20-4-2-6-29(20)22(31)17-3-1-5-27(14-17)34(32,33)28-12-16(10-25)13-28/h7-9,16-17,20H,1-6,11-14H2,(H,26,30)/t17-,20+/m0/s1. The summed E-state index contributed by atoms with van der Waals surface area (Å²) in [5, 5.41) is 11.9. The fourth-order valence-electron chi connectivity index (χ4n) is 4.78. The van der Waals surface area contributed by atoms with E-state index in [1.165, 1.54) is 20.7 Å². The fourth-order valence-corrected chi connectivity index (χ4v) is 6.82. The number of benzene rings is 1.